The number of hydrogen-bond donors (Lipinski definition) is 2. The molecule has 1 aromatic rings. The van der Waals surface area contributed by atoms with Gasteiger partial charge >= 0.3 is 0 Å². The second-order valence-corrected chi connectivity index (χ2v) is 4.93. The molecule has 0 aliphatic carbocycles. The van der Waals surface area contributed by atoms with Gasteiger partial charge in [0.25, 0.3) is 0 Å². The second-order valence-electron chi connectivity index (χ2n) is 4.93. The van der Waals surface area contributed by atoms with E-state index in [1.165, 1.54) is 22.4 Å². The summed E-state index contributed by atoms with van der Waals surface area (Å²) in [6.45, 7) is 9.74. The highest BCUT2D eigenvalue weighted by molar-refractivity contribution is 5.63. The minimum absolute atomic E-state index is 0.774. The predicted molar refractivity (Wildman–Crippen MR) is 72.1 cm³/mol. The number of aryl methyl sites for hydroxylation is 1. The number of methoxy groups -OCH3 is 1. The predicted octanol–water partition coefficient (Wildman–Crippen LogP) is 2.25. The van der Waals surface area contributed by atoms with Gasteiger partial charge in [-0.3, -0.25) is 0 Å². The minimum Gasteiger partial charge on any atom is -0.496 e. The van der Waals surface area contributed by atoms with Gasteiger partial charge in [0.1, 0.15) is 5.75 Å². The van der Waals surface area contributed by atoms with E-state index in [4.69, 9.17) is 4.74 Å². The van der Waals surface area contributed by atoms with Crippen LogP contribution in [-0.4, -0.2) is 26.7 Å². The molecule has 1 aliphatic rings. The summed E-state index contributed by atoms with van der Waals surface area (Å²) >= 11 is 0. The summed E-state index contributed by atoms with van der Waals surface area (Å²) in [6, 6.07) is 2.11. The van der Waals surface area contributed by atoms with E-state index in [1.807, 2.05) is 0 Å². The van der Waals surface area contributed by atoms with Gasteiger partial charge in [-0.1, -0.05) is 0 Å². The van der Waals surface area contributed by atoms with Crippen molar-refractivity contribution >= 4 is 5.69 Å². The molecule has 0 unspecified atom stereocenters. The molecule has 1 aliphatic heterocycles. The lowest BCUT2D eigenvalue weighted by atomic mass is 10.00. The van der Waals surface area contributed by atoms with Crippen LogP contribution in [0.3, 0.4) is 0 Å². The minimum atomic E-state index is 0.774. The van der Waals surface area contributed by atoms with E-state index < -0.39 is 0 Å². The van der Waals surface area contributed by atoms with Crippen molar-refractivity contribution in [2.45, 2.75) is 20.8 Å². The van der Waals surface area contributed by atoms with E-state index in [0.29, 0.717) is 0 Å². The first-order valence-corrected chi connectivity index (χ1v) is 6.23. The molecule has 1 aromatic carbocycles. The monoisotopic (exact) mass is 234 g/mol. The Morgan fingerprint density at radius 2 is 2.00 bits per heavy atom. The van der Waals surface area contributed by atoms with E-state index in [9.17, 15) is 0 Å². The van der Waals surface area contributed by atoms with Crippen LogP contribution in [0.2, 0.25) is 0 Å². The van der Waals surface area contributed by atoms with E-state index >= 15 is 0 Å². The first-order chi connectivity index (χ1) is 8.13. The average molecular weight is 234 g/mol. The second kappa shape index (κ2) is 4.96. The summed E-state index contributed by atoms with van der Waals surface area (Å²) in [5.41, 5.74) is 5.06. The van der Waals surface area contributed by atoms with Crippen LogP contribution in [0.5, 0.6) is 5.75 Å². The molecule has 94 valence electrons. The van der Waals surface area contributed by atoms with Crippen LogP contribution in [0.15, 0.2) is 6.07 Å². The third kappa shape index (κ3) is 2.39. The van der Waals surface area contributed by atoms with Crippen molar-refractivity contribution in [2.75, 3.05) is 32.1 Å². The molecule has 1 fully saturated rings. The Kier molecular flexibility index (Phi) is 3.57. The van der Waals surface area contributed by atoms with Gasteiger partial charge in [0.2, 0.25) is 0 Å². The van der Waals surface area contributed by atoms with Crippen molar-refractivity contribution in [2.24, 2.45) is 5.92 Å². The molecule has 0 saturated carbocycles. The van der Waals surface area contributed by atoms with E-state index in [2.05, 4.69) is 37.5 Å². The first kappa shape index (κ1) is 12.2. The molecule has 0 radical (unpaired) electrons. The molecule has 3 nitrogen and oxygen atoms in total. The van der Waals surface area contributed by atoms with Gasteiger partial charge in [-0.2, -0.15) is 0 Å². The normalized spacial score (nSPS) is 15.5. The highest BCUT2D eigenvalue weighted by Gasteiger charge is 2.17. The Balaban J connectivity index is 2.17. The van der Waals surface area contributed by atoms with E-state index in [-0.39, 0.29) is 0 Å². The molecular weight excluding hydrogens is 212 g/mol. The Morgan fingerprint density at radius 3 is 2.53 bits per heavy atom. The lowest BCUT2D eigenvalue weighted by Gasteiger charge is -2.28. The standard InChI is InChI=1S/C14H22N2O/c1-9-5-13(17-4)10(2)11(3)14(9)16-8-12-6-15-7-12/h5,12,15-16H,6-8H2,1-4H3. The number of hydrogen-bond acceptors (Lipinski definition) is 3. The van der Waals surface area contributed by atoms with Crippen LogP contribution in [-0.2, 0) is 0 Å². The zero-order valence-corrected chi connectivity index (χ0v) is 11.2. The van der Waals surface area contributed by atoms with Crippen molar-refractivity contribution in [3.63, 3.8) is 0 Å². The van der Waals surface area contributed by atoms with E-state index in [1.54, 1.807) is 7.11 Å². The zero-order valence-electron chi connectivity index (χ0n) is 11.2. The summed E-state index contributed by atoms with van der Waals surface area (Å²) in [6.07, 6.45) is 0. The summed E-state index contributed by atoms with van der Waals surface area (Å²) in [5, 5.41) is 6.88. The largest absolute Gasteiger partial charge is 0.496 e. The molecular formula is C14H22N2O. The Hall–Kier alpha value is -1.22. The number of benzene rings is 1. The van der Waals surface area contributed by atoms with Crippen molar-refractivity contribution in [1.82, 2.24) is 5.32 Å². The number of ether oxygens (including phenoxy) is 1. The first-order valence-electron chi connectivity index (χ1n) is 6.23. The SMILES string of the molecule is COc1cc(C)c(NCC2CNC2)c(C)c1C. The van der Waals surface area contributed by atoms with Crippen molar-refractivity contribution < 1.29 is 4.74 Å². The quantitative estimate of drug-likeness (QED) is 0.838. The molecule has 2 rings (SSSR count). The fourth-order valence-corrected chi connectivity index (χ4v) is 2.27. The fourth-order valence-electron chi connectivity index (χ4n) is 2.27. The lowest BCUT2D eigenvalue weighted by Crippen LogP contribution is -2.45. The maximum atomic E-state index is 5.38. The smallest absolute Gasteiger partial charge is 0.122 e. The van der Waals surface area contributed by atoms with Gasteiger partial charge in [-0.15, -0.1) is 0 Å². The molecule has 0 amide bonds. The van der Waals surface area contributed by atoms with Crippen LogP contribution in [0.1, 0.15) is 16.7 Å². The highest BCUT2D eigenvalue weighted by Crippen LogP contribution is 2.31. The lowest BCUT2D eigenvalue weighted by molar-refractivity contribution is 0.365. The van der Waals surface area contributed by atoms with Crippen LogP contribution < -0.4 is 15.4 Å². The summed E-state index contributed by atoms with van der Waals surface area (Å²) < 4.78 is 5.38. The van der Waals surface area contributed by atoms with Crippen LogP contribution in [0, 0.1) is 26.7 Å². The fraction of sp³-hybridized carbons (Fsp3) is 0.571. The zero-order chi connectivity index (χ0) is 12.4. The molecule has 1 saturated heterocycles. The highest BCUT2D eigenvalue weighted by atomic mass is 16.5. The van der Waals surface area contributed by atoms with Gasteiger partial charge in [0.15, 0.2) is 0 Å². The molecule has 0 bridgehead atoms. The Labute approximate surface area is 104 Å². The Bertz CT molecular complexity index is 411. The summed E-state index contributed by atoms with van der Waals surface area (Å²) in [7, 11) is 1.73. The van der Waals surface area contributed by atoms with Gasteiger partial charge in [-0.25, -0.2) is 0 Å². The van der Waals surface area contributed by atoms with Crippen LogP contribution in [0.25, 0.3) is 0 Å². The molecule has 1 heterocycles. The average Bonchev–Trinajstić information content (AvgIpc) is 2.25. The van der Waals surface area contributed by atoms with E-state index in [0.717, 1.165) is 31.3 Å². The summed E-state index contributed by atoms with van der Waals surface area (Å²) in [4.78, 5) is 0. The van der Waals surface area contributed by atoms with Crippen LogP contribution >= 0.6 is 0 Å². The van der Waals surface area contributed by atoms with Crippen molar-refractivity contribution in [1.29, 1.82) is 0 Å². The summed E-state index contributed by atoms with van der Waals surface area (Å²) in [5.74, 6) is 1.76. The van der Waals surface area contributed by atoms with Gasteiger partial charge in [0.05, 0.1) is 7.11 Å². The third-order valence-corrected chi connectivity index (χ3v) is 3.70. The topological polar surface area (TPSA) is 33.3 Å². The molecule has 17 heavy (non-hydrogen) atoms. The Morgan fingerprint density at radius 1 is 1.29 bits per heavy atom. The number of anilines is 1. The number of rotatable bonds is 4. The van der Waals surface area contributed by atoms with Crippen molar-refractivity contribution in [3.05, 3.63) is 22.8 Å². The maximum Gasteiger partial charge on any atom is 0.122 e. The molecule has 0 spiro atoms. The number of nitrogens with one attached hydrogen (secondary N) is 2. The molecule has 3 heteroatoms. The molecule has 2 N–H and O–H groups in total. The maximum absolute atomic E-state index is 5.38. The van der Waals surface area contributed by atoms with Crippen LogP contribution in [0.4, 0.5) is 5.69 Å². The molecule has 0 atom stereocenters. The van der Waals surface area contributed by atoms with Gasteiger partial charge in [-0.05, 0) is 43.5 Å². The molecule has 0 aromatic heterocycles. The third-order valence-electron chi connectivity index (χ3n) is 3.70. The van der Waals surface area contributed by atoms with Gasteiger partial charge in [0, 0.05) is 31.2 Å². The van der Waals surface area contributed by atoms with Gasteiger partial charge < -0.3 is 15.4 Å². The van der Waals surface area contributed by atoms with Crippen molar-refractivity contribution in [3.8, 4) is 5.75 Å².